The van der Waals surface area contributed by atoms with Crippen molar-refractivity contribution in [2.75, 3.05) is 7.11 Å². The van der Waals surface area contributed by atoms with Crippen LogP contribution in [0.15, 0.2) is 60.0 Å². The van der Waals surface area contributed by atoms with E-state index in [2.05, 4.69) is 16.7 Å². The zero-order chi connectivity index (χ0) is 19.7. The van der Waals surface area contributed by atoms with Crippen LogP contribution < -0.4 is 15.4 Å². The van der Waals surface area contributed by atoms with Gasteiger partial charge in [0.2, 0.25) is 0 Å². The zero-order valence-electron chi connectivity index (χ0n) is 15.2. The molecule has 2 atom stereocenters. The van der Waals surface area contributed by atoms with Crippen molar-refractivity contribution in [3.63, 3.8) is 0 Å². The predicted octanol–water partition coefficient (Wildman–Crippen LogP) is 4.02. The van der Waals surface area contributed by atoms with Crippen molar-refractivity contribution in [2.45, 2.75) is 18.0 Å². The van der Waals surface area contributed by atoms with Crippen molar-refractivity contribution in [2.24, 2.45) is 0 Å². The Bertz CT molecular complexity index is 989. The molecule has 0 amide bonds. The maximum atomic E-state index is 10.7. The smallest absolute Gasteiger partial charge is 0.167 e. The lowest BCUT2D eigenvalue weighted by molar-refractivity contribution is 0.332. The normalized spacial score (nSPS) is 21.6. The van der Waals surface area contributed by atoms with Crippen LogP contribution >= 0.6 is 23.6 Å². The molecular weight excluding hydrogens is 392 g/mol. The van der Waals surface area contributed by atoms with E-state index in [1.807, 2.05) is 35.7 Å². The molecule has 3 aromatic rings. The zero-order valence-corrected chi connectivity index (χ0v) is 16.8. The molecule has 5 nitrogen and oxygen atoms in total. The molecule has 1 aliphatic heterocycles. The minimum Gasteiger partial charge on any atom is -0.508 e. The highest BCUT2D eigenvalue weighted by Gasteiger charge is 2.43. The molecule has 1 saturated heterocycles. The Morgan fingerprint density at radius 1 is 1.14 bits per heavy atom. The maximum Gasteiger partial charge on any atom is 0.167 e. The number of methoxy groups -OCH3 is 1. The van der Waals surface area contributed by atoms with Gasteiger partial charge in [0.1, 0.15) is 17.2 Å². The second-order valence-corrected chi connectivity index (χ2v) is 8.09. The van der Waals surface area contributed by atoms with Gasteiger partial charge in [-0.2, -0.15) is 0 Å². The van der Waals surface area contributed by atoms with E-state index in [0.29, 0.717) is 17.1 Å². The van der Waals surface area contributed by atoms with Crippen LogP contribution in [-0.4, -0.2) is 22.4 Å². The molecule has 0 radical (unpaired) electrons. The molecule has 0 aliphatic carbocycles. The summed E-state index contributed by atoms with van der Waals surface area (Å²) in [5.74, 6) is 0.774. The van der Waals surface area contributed by atoms with Gasteiger partial charge in [0.25, 0.3) is 0 Å². The summed E-state index contributed by atoms with van der Waals surface area (Å²) in [6.07, 6.45) is 0.623. The van der Waals surface area contributed by atoms with Gasteiger partial charge < -0.3 is 25.6 Å². The summed E-state index contributed by atoms with van der Waals surface area (Å²) < 4.78 is 5.30. The molecule has 2 aromatic carbocycles. The number of hydrogen-bond donors (Lipinski definition) is 4. The molecule has 4 N–H and O–H groups in total. The third-order valence-electron chi connectivity index (χ3n) is 5.05. The third-order valence-corrected chi connectivity index (χ3v) is 6.26. The molecular formula is C21H20N2O3S2. The molecule has 0 bridgehead atoms. The Balaban J connectivity index is 1.88. The van der Waals surface area contributed by atoms with Gasteiger partial charge in [-0.15, -0.1) is 11.3 Å². The van der Waals surface area contributed by atoms with Gasteiger partial charge in [-0.3, -0.25) is 0 Å². The van der Waals surface area contributed by atoms with Gasteiger partial charge >= 0.3 is 0 Å². The fourth-order valence-electron chi connectivity index (χ4n) is 3.74. The molecule has 2 heterocycles. The van der Waals surface area contributed by atoms with Crippen molar-refractivity contribution >= 4 is 28.7 Å². The summed E-state index contributed by atoms with van der Waals surface area (Å²) >= 11 is 7.21. The van der Waals surface area contributed by atoms with Gasteiger partial charge in [-0.1, -0.05) is 18.2 Å². The highest BCUT2D eigenvalue weighted by atomic mass is 32.1. The predicted molar refractivity (Wildman–Crippen MR) is 114 cm³/mol. The third kappa shape index (κ3) is 3.27. The SMILES string of the molecule is COc1ccc([C@@]2(c3ccc(O)cc3O)C[C@H](c3cccs3)NC(=S)N2)cc1. The monoisotopic (exact) mass is 412 g/mol. The second kappa shape index (κ2) is 7.33. The summed E-state index contributed by atoms with van der Waals surface area (Å²) in [4.78, 5) is 1.17. The number of ether oxygens (including phenoxy) is 1. The number of thiocarbonyl (C=S) groups is 1. The summed E-state index contributed by atoms with van der Waals surface area (Å²) in [5, 5.41) is 29.7. The first-order valence-electron chi connectivity index (χ1n) is 8.81. The number of thiophene rings is 1. The first kappa shape index (κ1) is 18.6. The van der Waals surface area contributed by atoms with E-state index >= 15 is 0 Å². The first-order chi connectivity index (χ1) is 13.5. The molecule has 4 rings (SSSR count). The Morgan fingerprint density at radius 2 is 1.93 bits per heavy atom. The van der Waals surface area contributed by atoms with Crippen molar-refractivity contribution in [1.29, 1.82) is 0 Å². The van der Waals surface area contributed by atoms with E-state index in [4.69, 9.17) is 17.0 Å². The lowest BCUT2D eigenvalue weighted by Crippen LogP contribution is -2.57. The van der Waals surface area contributed by atoms with Crippen LogP contribution in [0.5, 0.6) is 17.2 Å². The quantitative estimate of drug-likeness (QED) is 0.485. The molecule has 0 unspecified atom stereocenters. The van der Waals surface area contributed by atoms with Crippen molar-refractivity contribution in [3.05, 3.63) is 76.0 Å². The minimum absolute atomic E-state index is 0.0101. The van der Waals surface area contributed by atoms with Crippen LogP contribution in [0.3, 0.4) is 0 Å². The number of phenolic OH excluding ortho intramolecular Hbond substituents is 2. The number of nitrogens with one attached hydrogen (secondary N) is 2. The van der Waals surface area contributed by atoms with E-state index in [1.54, 1.807) is 30.6 Å². The fraction of sp³-hybridized carbons (Fsp3) is 0.190. The molecule has 1 aliphatic rings. The van der Waals surface area contributed by atoms with Crippen molar-refractivity contribution in [3.8, 4) is 17.2 Å². The van der Waals surface area contributed by atoms with E-state index in [0.717, 1.165) is 11.3 Å². The van der Waals surface area contributed by atoms with Gasteiger partial charge in [-0.25, -0.2) is 0 Å². The average Bonchev–Trinajstić information content (AvgIpc) is 3.22. The molecule has 1 fully saturated rings. The van der Waals surface area contributed by atoms with Crippen LogP contribution in [0, 0.1) is 0 Å². The lowest BCUT2D eigenvalue weighted by atomic mass is 9.76. The Kier molecular flexibility index (Phi) is 4.87. The van der Waals surface area contributed by atoms with Crippen LogP contribution in [0.25, 0.3) is 0 Å². The van der Waals surface area contributed by atoms with Crippen LogP contribution in [0.2, 0.25) is 0 Å². The number of hydrogen-bond acceptors (Lipinski definition) is 5. The molecule has 1 aromatic heterocycles. The molecule has 28 heavy (non-hydrogen) atoms. The Labute approximate surface area is 172 Å². The second-order valence-electron chi connectivity index (χ2n) is 6.71. The van der Waals surface area contributed by atoms with E-state index < -0.39 is 5.54 Å². The number of rotatable bonds is 4. The van der Waals surface area contributed by atoms with Gasteiger partial charge in [0.15, 0.2) is 5.11 Å². The lowest BCUT2D eigenvalue weighted by Gasteiger charge is -2.44. The first-order valence-corrected chi connectivity index (χ1v) is 10.1. The van der Waals surface area contributed by atoms with Gasteiger partial charge in [-0.05, 0) is 53.5 Å². The molecule has 144 valence electrons. The Morgan fingerprint density at radius 3 is 2.57 bits per heavy atom. The van der Waals surface area contributed by atoms with E-state index in [-0.39, 0.29) is 17.5 Å². The van der Waals surface area contributed by atoms with Crippen LogP contribution in [0.1, 0.15) is 28.5 Å². The number of phenols is 2. The van der Waals surface area contributed by atoms with E-state index in [1.165, 1.54) is 10.9 Å². The van der Waals surface area contributed by atoms with Gasteiger partial charge in [0, 0.05) is 22.9 Å². The number of benzene rings is 2. The highest BCUT2D eigenvalue weighted by molar-refractivity contribution is 7.80. The summed E-state index contributed by atoms with van der Waals surface area (Å²) in [7, 11) is 1.63. The average molecular weight is 413 g/mol. The fourth-order valence-corrected chi connectivity index (χ4v) is 4.83. The van der Waals surface area contributed by atoms with Crippen molar-refractivity contribution in [1.82, 2.24) is 10.6 Å². The Hall–Kier alpha value is -2.77. The molecule has 7 heteroatoms. The topological polar surface area (TPSA) is 73.8 Å². The largest absolute Gasteiger partial charge is 0.508 e. The standard InChI is InChI=1S/C21H20N2O3S2/c1-26-15-7-4-13(5-8-15)21(16-9-6-14(24)11-18(16)25)12-17(22-20(27)23-21)19-3-2-10-28-19/h2-11,17,24-25H,12H2,1H3,(H2,22,23,27)/t17-,21-/m1/s1. The maximum absolute atomic E-state index is 10.7. The number of aromatic hydroxyl groups is 2. The summed E-state index contributed by atoms with van der Waals surface area (Å²) in [6, 6.07) is 16.5. The highest BCUT2D eigenvalue weighted by Crippen LogP contribution is 2.45. The van der Waals surface area contributed by atoms with Crippen LogP contribution in [-0.2, 0) is 5.54 Å². The summed E-state index contributed by atoms with van der Waals surface area (Å²) in [5.41, 5.74) is 0.835. The van der Waals surface area contributed by atoms with Crippen LogP contribution in [0.4, 0.5) is 0 Å². The van der Waals surface area contributed by atoms with Crippen molar-refractivity contribution < 1.29 is 14.9 Å². The molecule has 0 saturated carbocycles. The molecule has 0 spiro atoms. The van der Waals surface area contributed by atoms with Gasteiger partial charge in [0.05, 0.1) is 18.7 Å². The minimum atomic E-state index is -0.763. The summed E-state index contributed by atoms with van der Waals surface area (Å²) in [6.45, 7) is 0. The van der Waals surface area contributed by atoms with E-state index in [9.17, 15) is 10.2 Å².